The van der Waals surface area contributed by atoms with E-state index in [4.69, 9.17) is 26.4 Å². The lowest BCUT2D eigenvalue weighted by Crippen LogP contribution is -2.34. The normalized spacial score (nSPS) is 10.4. The van der Waals surface area contributed by atoms with Crippen molar-refractivity contribution < 1.29 is 19.0 Å². The molecule has 8 heteroatoms. The number of halogens is 1. The number of ether oxygens (including phenoxy) is 3. The lowest BCUT2D eigenvalue weighted by Gasteiger charge is -2.13. The first-order valence-corrected chi connectivity index (χ1v) is 10.3. The molecule has 0 aliphatic carbocycles. The second-order valence-corrected chi connectivity index (χ2v) is 7.92. The van der Waals surface area contributed by atoms with Crippen LogP contribution in [0.15, 0.2) is 40.9 Å². The third-order valence-electron chi connectivity index (χ3n) is 4.02. The van der Waals surface area contributed by atoms with E-state index in [0.29, 0.717) is 45.5 Å². The van der Waals surface area contributed by atoms with Crippen LogP contribution >= 0.6 is 28.1 Å². The number of amides is 1. The predicted octanol–water partition coefficient (Wildman–Crippen LogP) is 5.02. The average Bonchev–Trinajstić information content (AvgIpc) is 2.68. The Morgan fingerprint density at radius 1 is 1.07 bits per heavy atom. The van der Waals surface area contributed by atoms with Crippen LogP contribution in [0.5, 0.6) is 17.2 Å². The summed E-state index contributed by atoms with van der Waals surface area (Å²) in [5.41, 5.74) is 1.13. The number of hydrogen-bond acceptors (Lipinski definition) is 5. The monoisotopic (exact) mass is 480 g/mol. The minimum Gasteiger partial charge on any atom is -0.493 e. The maximum absolute atomic E-state index is 12.5. The minimum atomic E-state index is -0.322. The van der Waals surface area contributed by atoms with Crippen LogP contribution in [-0.4, -0.2) is 31.8 Å². The van der Waals surface area contributed by atoms with Crippen LogP contribution in [0.25, 0.3) is 0 Å². The summed E-state index contributed by atoms with van der Waals surface area (Å²) >= 11 is 8.69. The summed E-state index contributed by atoms with van der Waals surface area (Å²) in [6.07, 6.45) is 0.963. The summed E-state index contributed by atoms with van der Waals surface area (Å²) in [5.74, 6) is 2.11. The number of nitrogens with one attached hydrogen (secondary N) is 2. The van der Waals surface area contributed by atoms with Crippen LogP contribution in [0, 0.1) is 5.92 Å². The SMILES string of the molecule is COc1ccc(NC(=S)NC(=O)c2ccc(OCCC(C)C)c(Br)c2)cc1OC. The van der Waals surface area contributed by atoms with E-state index in [1.807, 2.05) is 0 Å². The predicted molar refractivity (Wildman–Crippen MR) is 122 cm³/mol. The van der Waals surface area contributed by atoms with Gasteiger partial charge in [-0.1, -0.05) is 13.8 Å². The van der Waals surface area contributed by atoms with Crippen molar-refractivity contribution in [2.75, 3.05) is 26.1 Å². The zero-order valence-corrected chi connectivity index (χ0v) is 19.3. The number of anilines is 1. The summed E-state index contributed by atoms with van der Waals surface area (Å²) in [4.78, 5) is 12.5. The highest BCUT2D eigenvalue weighted by atomic mass is 79.9. The van der Waals surface area contributed by atoms with Crippen LogP contribution < -0.4 is 24.8 Å². The molecule has 0 aliphatic rings. The molecule has 29 heavy (non-hydrogen) atoms. The first-order chi connectivity index (χ1) is 13.8. The smallest absolute Gasteiger partial charge is 0.257 e. The van der Waals surface area contributed by atoms with Gasteiger partial charge < -0.3 is 19.5 Å². The first-order valence-electron chi connectivity index (χ1n) is 9.10. The second kappa shape index (κ2) is 11.0. The van der Waals surface area contributed by atoms with E-state index in [-0.39, 0.29) is 11.0 Å². The van der Waals surface area contributed by atoms with Crippen molar-refractivity contribution in [1.82, 2.24) is 5.32 Å². The van der Waals surface area contributed by atoms with Crippen molar-refractivity contribution >= 4 is 44.9 Å². The van der Waals surface area contributed by atoms with E-state index in [2.05, 4.69) is 40.4 Å². The molecule has 0 aromatic heterocycles. The molecule has 0 unspecified atom stereocenters. The van der Waals surface area contributed by atoms with E-state index in [1.165, 1.54) is 0 Å². The quantitative estimate of drug-likeness (QED) is 0.517. The zero-order chi connectivity index (χ0) is 21.4. The fraction of sp³-hybridized carbons (Fsp3) is 0.333. The number of hydrogen-bond donors (Lipinski definition) is 2. The number of methoxy groups -OCH3 is 2. The molecule has 6 nitrogen and oxygen atoms in total. The molecule has 0 fully saturated rings. The van der Waals surface area contributed by atoms with Crippen molar-refractivity contribution in [3.63, 3.8) is 0 Å². The van der Waals surface area contributed by atoms with Crippen LogP contribution in [0.4, 0.5) is 5.69 Å². The molecule has 1 amide bonds. The summed E-state index contributed by atoms with van der Waals surface area (Å²) in [6, 6.07) is 10.4. The molecule has 0 heterocycles. The van der Waals surface area contributed by atoms with E-state index in [1.54, 1.807) is 50.6 Å². The summed E-state index contributed by atoms with van der Waals surface area (Å²) < 4.78 is 16.9. The standard InChI is InChI=1S/C21H25BrN2O4S/c1-13(2)9-10-28-17-7-5-14(11-16(17)22)20(25)24-21(29)23-15-6-8-18(26-3)19(12-15)27-4/h5-8,11-13H,9-10H2,1-4H3,(H2,23,24,25,29). The number of thiocarbonyl (C=S) groups is 1. The van der Waals surface area contributed by atoms with Gasteiger partial charge in [-0.2, -0.15) is 0 Å². The summed E-state index contributed by atoms with van der Waals surface area (Å²) in [7, 11) is 3.12. The Hall–Kier alpha value is -2.32. The van der Waals surface area contributed by atoms with Gasteiger partial charge in [-0.05, 0) is 70.8 Å². The number of carbonyl (C=O) groups is 1. The molecule has 2 aromatic carbocycles. The lowest BCUT2D eigenvalue weighted by atomic mass is 10.1. The van der Waals surface area contributed by atoms with Crippen LogP contribution in [0.3, 0.4) is 0 Å². The van der Waals surface area contributed by atoms with Gasteiger partial charge in [0.15, 0.2) is 16.6 Å². The Morgan fingerprint density at radius 3 is 2.38 bits per heavy atom. The number of rotatable bonds is 8. The fourth-order valence-electron chi connectivity index (χ4n) is 2.42. The maximum atomic E-state index is 12.5. The largest absolute Gasteiger partial charge is 0.493 e. The highest BCUT2D eigenvalue weighted by molar-refractivity contribution is 9.10. The second-order valence-electron chi connectivity index (χ2n) is 6.65. The average molecular weight is 481 g/mol. The molecule has 2 aromatic rings. The highest BCUT2D eigenvalue weighted by Crippen LogP contribution is 2.30. The van der Waals surface area contributed by atoms with Gasteiger partial charge in [0.25, 0.3) is 5.91 Å². The van der Waals surface area contributed by atoms with Crippen LogP contribution in [0.2, 0.25) is 0 Å². The topological polar surface area (TPSA) is 68.8 Å². The molecule has 0 saturated carbocycles. The molecular formula is C21H25BrN2O4S. The van der Waals surface area contributed by atoms with Gasteiger partial charge in [0.1, 0.15) is 5.75 Å². The van der Waals surface area contributed by atoms with Crippen molar-refractivity contribution in [3.8, 4) is 17.2 Å². The third-order valence-corrected chi connectivity index (χ3v) is 4.84. The van der Waals surface area contributed by atoms with Crippen molar-refractivity contribution in [2.24, 2.45) is 5.92 Å². The number of carbonyl (C=O) groups excluding carboxylic acids is 1. The lowest BCUT2D eigenvalue weighted by molar-refractivity contribution is 0.0977. The summed E-state index contributed by atoms with van der Waals surface area (Å²) in [5, 5.41) is 5.80. The Labute approximate surface area is 185 Å². The minimum absolute atomic E-state index is 0.176. The zero-order valence-electron chi connectivity index (χ0n) is 16.9. The molecule has 2 N–H and O–H groups in total. The Kier molecular flexibility index (Phi) is 8.72. The molecule has 0 spiro atoms. The molecular weight excluding hydrogens is 456 g/mol. The molecule has 0 bridgehead atoms. The molecule has 0 aliphatic heterocycles. The summed E-state index contributed by atoms with van der Waals surface area (Å²) in [6.45, 7) is 4.91. The third kappa shape index (κ3) is 6.90. The van der Waals surface area contributed by atoms with Gasteiger partial charge in [0.05, 0.1) is 25.3 Å². The first kappa shape index (κ1) is 23.0. The molecule has 2 rings (SSSR count). The van der Waals surface area contributed by atoms with Crippen molar-refractivity contribution in [2.45, 2.75) is 20.3 Å². The Bertz CT molecular complexity index is 874. The van der Waals surface area contributed by atoms with Gasteiger partial charge in [-0.3, -0.25) is 10.1 Å². The van der Waals surface area contributed by atoms with Crippen LogP contribution in [0.1, 0.15) is 30.6 Å². The number of benzene rings is 2. The van der Waals surface area contributed by atoms with E-state index >= 15 is 0 Å². The van der Waals surface area contributed by atoms with Gasteiger partial charge in [0, 0.05) is 17.3 Å². The van der Waals surface area contributed by atoms with Crippen molar-refractivity contribution in [1.29, 1.82) is 0 Å². The molecule has 0 atom stereocenters. The molecule has 0 radical (unpaired) electrons. The van der Waals surface area contributed by atoms with Gasteiger partial charge in [-0.25, -0.2) is 0 Å². The highest BCUT2D eigenvalue weighted by Gasteiger charge is 2.12. The Morgan fingerprint density at radius 2 is 1.76 bits per heavy atom. The maximum Gasteiger partial charge on any atom is 0.257 e. The van der Waals surface area contributed by atoms with Gasteiger partial charge in [-0.15, -0.1) is 0 Å². The molecule has 156 valence electrons. The van der Waals surface area contributed by atoms with E-state index in [0.717, 1.165) is 6.42 Å². The molecule has 0 saturated heterocycles. The van der Waals surface area contributed by atoms with E-state index in [9.17, 15) is 4.79 Å². The van der Waals surface area contributed by atoms with Gasteiger partial charge in [0.2, 0.25) is 0 Å². The van der Waals surface area contributed by atoms with Gasteiger partial charge >= 0.3 is 0 Å². The Balaban J connectivity index is 1.97. The van der Waals surface area contributed by atoms with Crippen LogP contribution in [-0.2, 0) is 0 Å². The van der Waals surface area contributed by atoms with Crippen molar-refractivity contribution in [3.05, 3.63) is 46.4 Å². The van der Waals surface area contributed by atoms with E-state index < -0.39 is 0 Å². The fourth-order valence-corrected chi connectivity index (χ4v) is 3.12.